The Morgan fingerprint density at radius 1 is 0.322 bits per heavy atom. The van der Waals surface area contributed by atoms with Crippen molar-refractivity contribution in [2.24, 2.45) is 0 Å². The first-order chi connectivity index (χ1) is 69.2. The van der Waals surface area contributed by atoms with E-state index >= 15 is 0 Å². The largest absolute Gasteiger partial charge is 0.452 e. The molecule has 0 aliphatic carbocycles. The molecule has 18 aromatic rings. The Balaban J connectivity index is 0.000000144. The third kappa shape index (κ3) is 32.8. The van der Waals surface area contributed by atoms with Gasteiger partial charge in [-0.2, -0.15) is 17.6 Å². The lowest BCUT2D eigenvalue weighted by Gasteiger charge is -2.11. The van der Waals surface area contributed by atoms with Gasteiger partial charge < -0.3 is 60.3 Å². The number of thiazole rings is 1. The van der Waals surface area contributed by atoms with Crippen molar-refractivity contribution in [1.82, 2.24) is 110 Å². The molecule has 0 unspecified atom stereocenters. The average Bonchev–Trinajstić information content (AvgIpc) is 1.79. The minimum absolute atomic E-state index is 0.0345. The summed E-state index contributed by atoms with van der Waals surface area (Å²) in [7, 11) is 0. The molecule has 17 aromatic heterocycles. The Morgan fingerprint density at radius 2 is 0.650 bits per heavy atom. The second-order valence-electron chi connectivity index (χ2n) is 28.7. The van der Waals surface area contributed by atoms with Gasteiger partial charge in [0, 0.05) is 90.1 Å². The van der Waals surface area contributed by atoms with Gasteiger partial charge >= 0.3 is 0 Å². The van der Waals surface area contributed by atoms with Crippen LogP contribution in [0.2, 0.25) is 0 Å². The van der Waals surface area contributed by atoms with E-state index < -0.39 is 46.1 Å². The molecule has 0 aliphatic heterocycles. The Kier molecular flexibility index (Phi) is 35.3. The molecule has 0 saturated carbocycles. The zero-order chi connectivity index (χ0) is 101. The molecule has 0 atom stereocenters. The zero-order valence-electron chi connectivity index (χ0n) is 74.5. The normalized spacial score (nSPS) is 10.4. The first-order valence-electron chi connectivity index (χ1n) is 41.2. The van der Waals surface area contributed by atoms with Gasteiger partial charge in [-0.25, -0.2) is 79.2 Å². The molecule has 6 N–H and O–H groups in total. The van der Waals surface area contributed by atoms with Crippen molar-refractivity contribution in [2.75, 3.05) is 31.9 Å². The molecule has 143 heavy (non-hydrogen) atoms. The van der Waals surface area contributed by atoms with E-state index in [-0.39, 0.29) is 34.8 Å². The van der Waals surface area contributed by atoms with E-state index in [0.29, 0.717) is 125 Å². The van der Waals surface area contributed by atoms with Crippen LogP contribution in [0.5, 0.6) is 69.0 Å². The van der Waals surface area contributed by atoms with Crippen molar-refractivity contribution in [3.8, 4) is 81.3 Å². The quantitative estimate of drug-likeness (QED) is 0.0217. The number of hydrogen-bond acceptors (Lipinski definition) is 36. The fourth-order valence-electron chi connectivity index (χ4n) is 11.2. The van der Waals surface area contributed by atoms with Gasteiger partial charge in [-0.05, 0) is 62.4 Å². The highest BCUT2D eigenvalue weighted by Crippen LogP contribution is 2.33. The van der Waals surface area contributed by atoms with Crippen molar-refractivity contribution in [2.45, 2.75) is 39.5 Å². The van der Waals surface area contributed by atoms with Crippen LogP contribution in [-0.2, 0) is 11.8 Å². The lowest BCUT2D eigenvalue weighted by Crippen LogP contribution is -2.17. The SMILES string of the molecule is C#Cc1csc(C(=O)Nc2cncc(Oc3cncnc3)c2)c1.CC(F)(F)c1cccc(C(=O)Nc2cncc(Oc3cncnc3)c2)n1.CC(F)(F)c1nc(C(=O)Nc2cncc(Oc3cncnc3)c2)cs1.Cc1cccc(C(=O)Nc2cncc(Oc3cncnc3)c2)c1.Cc1cccc(C(=O)Nc2cncc(Oc3cncnc3)c2)n1.O=C(Nc1cncc(Oc2cncnc2)c1)c1cc(F)ccn1. The summed E-state index contributed by atoms with van der Waals surface area (Å²) in [6, 6.07) is 30.0. The number of carbonyl (C=O) groups excluding carboxylic acids is 6. The lowest BCUT2D eigenvalue weighted by molar-refractivity contribution is 0.0125. The van der Waals surface area contributed by atoms with Crippen LogP contribution in [0, 0.1) is 32.0 Å². The number of anilines is 6. The second-order valence-corrected chi connectivity index (χ2v) is 30.5. The van der Waals surface area contributed by atoms with Crippen LogP contribution in [0.25, 0.3) is 0 Å². The second kappa shape index (κ2) is 50.2. The molecule has 0 bridgehead atoms. The van der Waals surface area contributed by atoms with E-state index in [2.05, 4.69) is 147 Å². The summed E-state index contributed by atoms with van der Waals surface area (Å²) in [5.74, 6) is -1.62. The van der Waals surface area contributed by atoms with Crippen LogP contribution in [0.4, 0.5) is 56.1 Å². The van der Waals surface area contributed by atoms with Gasteiger partial charge in [-0.15, -0.1) is 29.1 Å². The van der Waals surface area contributed by atoms with Gasteiger partial charge in [0.25, 0.3) is 47.3 Å². The Bertz CT molecular complexity index is 7060. The van der Waals surface area contributed by atoms with Gasteiger partial charge in [0.2, 0.25) is 0 Å². The highest BCUT2D eigenvalue weighted by molar-refractivity contribution is 7.12. The summed E-state index contributed by atoms with van der Waals surface area (Å²) in [6.45, 7) is 5.21. The summed E-state index contributed by atoms with van der Waals surface area (Å²) >= 11 is 2.01. The molecule has 6 amide bonds. The standard InChI is InChI=1S/C17H13F2N5O2.C17H14N4O2.C16H13N5O2.C16H10N4O2S.C15H11F2N5O2S.C15H10FN5O2/c1-17(18,19)15-4-2-3-14(24-15)16(25)23-11-5-12(7-20-6-11)26-13-8-21-10-22-9-13;1-12-3-2-4-13(5-12)17(22)21-14-6-15(8-18-7-14)23-16-9-19-11-20-10-16;1-11-3-2-4-15(20-11)16(22)21-12-5-13(7-17-6-12)23-14-8-18-10-19-9-14;1-2-11-3-15(23-9-11)16(21)20-12-4-13(6-17-5-12)22-14-7-18-10-19-8-14;1-15(16,17)14-22-12(7-25-14)13(23)21-9-2-10(4-18-3-9)24-11-5-19-8-20-6-11;16-10-1-2-20-14(3-10)15(22)21-11-4-12(6-17-5-11)23-13-7-18-9-19-8-13/h2-10H,1H3,(H,23,25);2-11H,1H3,(H,21,22);2-10H,1H3,(H,21,22);1,3-10H,(H,20,21);2-8H,1H3,(H,21,23);1-9H,(H,21,22). The number of benzene rings is 1. The number of aryl methyl sites for hydroxylation is 2. The number of nitrogens with zero attached hydrogens (tertiary/aromatic N) is 22. The molecule has 0 aliphatic rings. The smallest absolute Gasteiger partial charge is 0.296 e. The molecule has 17 heterocycles. The first kappa shape index (κ1) is 101. The van der Waals surface area contributed by atoms with Gasteiger partial charge in [-0.1, -0.05) is 35.7 Å². The Morgan fingerprint density at radius 3 is 0.979 bits per heavy atom. The van der Waals surface area contributed by atoms with E-state index in [0.717, 1.165) is 54.6 Å². The van der Waals surface area contributed by atoms with Crippen molar-refractivity contribution in [3.05, 3.63) is 385 Å². The van der Waals surface area contributed by atoms with Crippen molar-refractivity contribution in [1.29, 1.82) is 0 Å². The van der Waals surface area contributed by atoms with Crippen LogP contribution in [0.15, 0.2) is 319 Å². The van der Waals surface area contributed by atoms with Crippen molar-refractivity contribution < 1.29 is 79.1 Å². The van der Waals surface area contributed by atoms with Gasteiger partial charge in [0.15, 0.2) is 39.5 Å². The topological polar surface area (TPSA) is 514 Å². The maximum Gasteiger partial charge on any atom is 0.296 e. The van der Waals surface area contributed by atoms with Crippen molar-refractivity contribution >= 4 is 92.2 Å². The number of aromatic nitrogens is 22. The molecule has 18 rings (SSSR count). The number of alkyl halides is 4. The predicted octanol–water partition coefficient (Wildman–Crippen LogP) is 18.2. The fourth-order valence-corrected chi connectivity index (χ4v) is 12.7. The maximum atomic E-state index is 13.4. The number of amides is 6. The van der Waals surface area contributed by atoms with Gasteiger partial charge in [0.05, 0.1) is 188 Å². The summed E-state index contributed by atoms with van der Waals surface area (Å²) in [4.78, 5) is 159. The predicted molar refractivity (Wildman–Crippen MR) is 508 cm³/mol. The number of thiophene rings is 1. The average molecular weight is 1970 g/mol. The van der Waals surface area contributed by atoms with E-state index in [1.165, 1.54) is 209 Å². The molecule has 0 fully saturated rings. The zero-order valence-corrected chi connectivity index (χ0v) is 76.2. The highest BCUT2D eigenvalue weighted by Gasteiger charge is 2.30. The van der Waals surface area contributed by atoms with Gasteiger partial charge in [-0.3, -0.25) is 63.7 Å². The Hall–Kier alpha value is -19.8. The van der Waals surface area contributed by atoms with Crippen LogP contribution in [0.1, 0.15) is 103 Å². The van der Waals surface area contributed by atoms with E-state index in [9.17, 15) is 50.7 Å². The van der Waals surface area contributed by atoms with Crippen LogP contribution >= 0.6 is 22.7 Å². The van der Waals surface area contributed by atoms with Crippen LogP contribution in [-0.4, -0.2) is 145 Å². The highest BCUT2D eigenvalue weighted by atomic mass is 32.1. The number of rotatable bonds is 26. The third-order valence-corrected chi connectivity index (χ3v) is 19.3. The third-order valence-electron chi connectivity index (χ3n) is 17.4. The monoisotopic (exact) mass is 1970 g/mol. The molecular formula is C96H71F5N28O12S2. The van der Waals surface area contributed by atoms with Gasteiger partial charge in [0.1, 0.15) is 107 Å². The summed E-state index contributed by atoms with van der Waals surface area (Å²) in [6.07, 6.45) is 50.8. The number of halogens is 5. The molecule has 714 valence electrons. The molecule has 0 saturated heterocycles. The van der Waals surface area contributed by atoms with Crippen molar-refractivity contribution in [3.63, 3.8) is 0 Å². The van der Waals surface area contributed by atoms with E-state index in [4.69, 9.17) is 34.8 Å². The number of terminal acetylenes is 1. The van der Waals surface area contributed by atoms with E-state index in [1.54, 1.807) is 78.7 Å². The van der Waals surface area contributed by atoms with Crippen LogP contribution in [0.3, 0.4) is 0 Å². The van der Waals surface area contributed by atoms with E-state index in [1.807, 2.05) is 38.1 Å². The number of hydrogen-bond donors (Lipinski definition) is 6. The molecule has 40 nitrogen and oxygen atoms in total. The minimum atomic E-state index is -3.14. The fraction of sp³-hybridized carbons (Fsp3) is 0.0625. The minimum Gasteiger partial charge on any atom is -0.452 e. The lowest BCUT2D eigenvalue weighted by atomic mass is 10.1. The maximum absolute atomic E-state index is 13.4. The molecular weight excluding hydrogens is 1900 g/mol. The molecule has 0 spiro atoms. The molecule has 47 heteroatoms. The number of nitrogens with one attached hydrogen (secondary N) is 6. The van der Waals surface area contributed by atoms with Crippen LogP contribution < -0.4 is 60.3 Å². The summed E-state index contributed by atoms with van der Waals surface area (Å²) < 4.78 is 99.5. The number of ether oxygens (including phenoxy) is 6. The Labute approximate surface area is 814 Å². The molecule has 1 aromatic carbocycles. The number of pyridine rings is 9. The first-order valence-corrected chi connectivity index (χ1v) is 43.0. The summed E-state index contributed by atoms with van der Waals surface area (Å²) in [5.41, 5.74) is 5.27. The molecule has 0 radical (unpaired) electrons. The summed E-state index contributed by atoms with van der Waals surface area (Å²) in [5, 5.41) is 18.5. The number of carbonyl (C=O) groups is 6.